The molecule has 160 valence electrons. The number of nitrogens with zero attached hydrogens (tertiary/aromatic N) is 4. The molecule has 0 bridgehead atoms. The summed E-state index contributed by atoms with van der Waals surface area (Å²) in [6, 6.07) is 5.67. The van der Waals surface area contributed by atoms with Crippen LogP contribution in [0.5, 0.6) is 5.88 Å². The van der Waals surface area contributed by atoms with Crippen LogP contribution in [0.1, 0.15) is 22.8 Å². The molecule has 0 spiro atoms. The lowest BCUT2D eigenvalue weighted by atomic mass is 10.1. The Labute approximate surface area is 170 Å². The van der Waals surface area contributed by atoms with Gasteiger partial charge in [-0.05, 0) is 25.1 Å². The van der Waals surface area contributed by atoms with Gasteiger partial charge in [-0.3, -0.25) is 14.9 Å². The lowest BCUT2D eigenvalue weighted by molar-refractivity contribution is -0.384. The fourth-order valence-electron chi connectivity index (χ4n) is 3.19. The topological polar surface area (TPSA) is 88.8 Å². The minimum atomic E-state index is -4.67. The molecule has 1 saturated heterocycles. The van der Waals surface area contributed by atoms with Gasteiger partial charge in [0.2, 0.25) is 5.88 Å². The number of hydrogen-bond donors (Lipinski definition) is 0. The fraction of sp³-hybridized carbons (Fsp3) is 0.368. The van der Waals surface area contributed by atoms with Crippen LogP contribution < -0.4 is 9.64 Å². The molecule has 0 aliphatic carbocycles. The Kier molecular flexibility index (Phi) is 6.09. The standard InChI is InChI=1S/C19H19F3N4O4/c1-2-30-17-6-3-13(12-23-17)18(27)25-9-7-24(8-10-25)15-5-4-14(19(20,21)22)11-16(15)26(28)29/h3-6,11-12H,2,7-10H2,1H3. The number of halogens is 3. The van der Waals surface area contributed by atoms with E-state index >= 15 is 0 Å². The highest BCUT2D eigenvalue weighted by atomic mass is 19.4. The van der Waals surface area contributed by atoms with E-state index in [0.29, 0.717) is 24.1 Å². The lowest BCUT2D eigenvalue weighted by Crippen LogP contribution is -2.49. The number of hydrogen-bond acceptors (Lipinski definition) is 6. The summed E-state index contributed by atoms with van der Waals surface area (Å²) in [6.45, 7) is 3.32. The molecule has 1 aliphatic rings. The smallest absolute Gasteiger partial charge is 0.416 e. The molecule has 0 N–H and O–H groups in total. The maximum absolute atomic E-state index is 12.9. The Bertz CT molecular complexity index is 926. The predicted molar refractivity (Wildman–Crippen MR) is 102 cm³/mol. The molecule has 30 heavy (non-hydrogen) atoms. The lowest BCUT2D eigenvalue weighted by Gasteiger charge is -2.35. The number of nitro groups is 1. The van der Waals surface area contributed by atoms with Crippen molar-refractivity contribution >= 4 is 17.3 Å². The van der Waals surface area contributed by atoms with Gasteiger partial charge in [0.1, 0.15) is 5.69 Å². The van der Waals surface area contributed by atoms with Gasteiger partial charge in [-0.25, -0.2) is 4.98 Å². The molecule has 11 heteroatoms. The van der Waals surface area contributed by atoms with Crippen LogP contribution in [-0.2, 0) is 6.18 Å². The molecule has 0 atom stereocenters. The summed E-state index contributed by atoms with van der Waals surface area (Å²) in [6.07, 6.45) is -3.25. The Morgan fingerprint density at radius 3 is 2.43 bits per heavy atom. The van der Waals surface area contributed by atoms with Crippen LogP contribution in [0.2, 0.25) is 0 Å². The summed E-state index contributed by atoms with van der Waals surface area (Å²) >= 11 is 0. The Morgan fingerprint density at radius 1 is 1.20 bits per heavy atom. The van der Waals surface area contributed by atoms with Crippen molar-refractivity contribution < 1.29 is 27.6 Å². The van der Waals surface area contributed by atoms with Crippen molar-refractivity contribution in [2.24, 2.45) is 0 Å². The number of amides is 1. The molecular weight excluding hydrogens is 405 g/mol. The average molecular weight is 424 g/mol. The van der Waals surface area contributed by atoms with Crippen LogP contribution >= 0.6 is 0 Å². The first-order valence-electron chi connectivity index (χ1n) is 9.19. The third-order valence-electron chi connectivity index (χ3n) is 4.68. The Morgan fingerprint density at radius 2 is 1.90 bits per heavy atom. The Balaban J connectivity index is 1.70. The summed E-state index contributed by atoms with van der Waals surface area (Å²) in [5.41, 5.74) is -1.20. The van der Waals surface area contributed by atoms with E-state index in [2.05, 4.69) is 4.98 Å². The van der Waals surface area contributed by atoms with Gasteiger partial charge < -0.3 is 14.5 Å². The number of benzene rings is 1. The number of nitro benzene ring substituents is 1. The van der Waals surface area contributed by atoms with Crippen molar-refractivity contribution in [2.75, 3.05) is 37.7 Å². The van der Waals surface area contributed by atoms with E-state index < -0.39 is 22.4 Å². The largest absolute Gasteiger partial charge is 0.478 e. The van der Waals surface area contributed by atoms with Gasteiger partial charge in [0.25, 0.3) is 11.6 Å². The maximum Gasteiger partial charge on any atom is 0.416 e. The van der Waals surface area contributed by atoms with Gasteiger partial charge in [0.05, 0.1) is 22.7 Å². The number of anilines is 1. The third-order valence-corrected chi connectivity index (χ3v) is 4.68. The highest BCUT2D eigenvalue weighted by molar-refractivity contribution is 5.94. The minimum absolute atomic E-state index is 0.0998. The summed E-state index contributed by atoms with van der Waals surface area (Å²) in [4.78, 5) is 30.4. The van der Waals surface area contributed by atoms with Gasteiger partial charge in [0.15, 0.2) is 0 Å². The van der Waals surface area contributed by atoms with Crippen molar-refractivity contribution in [2.45, 2.75) is 13.1 Å². The van der Waals surface area contributed by atoms with Gasteiger partial charge in [-0.1, -0.05) is 0 Å². The van der Waals surface area contributed by atoms with Gasteiger partial charge in [0, 0.05) is 44.5 Å². The first-order valence-corrected chi connectivity index (χ1v) is 9.19. The van der Waals surface area contributed by atoms with Crippen molar-refractivity contribution in [3.63, 3.8) is 0 Å². The van der Waals surface area contributed by atoms with Crippen molar-refractivity contribution in [3.8, 4) is 5.88 Å². The first kappa shape index (κ1) is 21.3. The van der Waals surface area contributed by atoms with E-state index in [1.165, 1.54) is 6.20 Å². The van der Waals surface area contributed by atoms with Crippen LogP contribution in [0.3, 0.4) is 0 Å². The summed E-state index contributed by atoms with van der Waals surface area (Å²) in [5, 5.41) is 11.3. The molecule has 2 heterocycles. The van der Waals surface area contributed by atoms with Gasteiger partial charge >= 0.3 is 6.18 Å². The fourth-order valence-corrected chi connectivity index (χ4v) is 3.19. The van der Waals surface area contributed by atoms with E-state index in [0.717, 1.165) is 12.1 Å². The van der Waals surface area contributed by atoms with Crippen LogP contribution in [0.25, 0.3) is 0 Å². The summed E-state index contributed by atoms with van der Waals surface area (Å²) < 4.78 is 43.9. The number of piperazine rings is 1. The van der Waals surface area contributed by atoms with Crippen molar-refractivity contribution in [1.29, 1.82) is 0 Å². The normalized spacial score (nSPS) is 14.5. The molecule has 1 fully saturated rings. The number of ether oxygens (including phenoxy) is 1. The van der Waals surface area contributed by atoms with Gasteiger partial charge in [-0.15, -0.1) is 0 Å². The van der Waals surface area contributed by atoms with E-state index in [1.807, 2.05) is 6.92 Å². The second kappa shape index (κ2) is 8.56. The van der Waals surface area contributed by atoms with Crippen LogP contribution in [0.15, 0.2) is 36.5 Å². The number of carbonyl (C=O) groups is 1. The highest BCUT2D eigenvalue weighted by Gasteiger charge is 2.34. The summed E-state index contributed by atoms with van der Waals surface area (Å²) in [7, 11) is 0. The molecule has 0 saturated carbocycles. The zero-order valence-corrected chi connectivity index (χ0v) is 16.1. The SMILES string of the molecule is CCOc1ccc(C(=O)N2CCN(c3ccc(C(F)(F)F)cc3[N+](=O)[O-])CC2)cn1. The second-order valence-corrected chi connectivity index (χ2v) is 6.56. The molecule has 0 unspecified atom stereocenters. The molecule has 3 rings (SSSR count). The molecule has 1 aromatic carbocycles. The van der Waals surface area contributed by atoms with E-state index in [-0.39, 0.29) is 37.8 Å². The zero-order valence-electron chi connectivity index (χ0n) is 16.1. The van der Waals surface area contributed by atoms with Crippen LogP contribution in [-0.4, -0.2) is 53.5 Å². The average Bonchev–Trinajstić information content (AvgIpc) is 2.73. The van der Waals surface area contributed by atoms with E-state index in [9.17, 15) is 28.1 Å². The van der Waals surface area contributed by atoms with Crippen molar-refractivity contribution in [3.05, 3.63) is 57.8 Å². The Hall–Kier alpha value is -3.37. The summed E-state index contributed by atoms with van der Waals surface area (Å²) in [5.74, 6) is 0.167. The maximum atomic E-state index is 12.9. The molecule has 1 amide bonds. The predicted octanol–water partition coefficient (Wildman–Crippen LogP) is 3.37. The van der Waals surface area contributed by atoms with E-state index in [4.69, 9.17) is 4.74 Å². The molecule has 2 aromatic rings. The quantitative estimate of drug-likeness (QED) is 0.540. The number of aromatic nitrogens is 1. The number of pyridine rings is 1. The van der Waals surface area contributed by atoms with Gasteiger partial charge in [-0.2, -0.15) is 13.2 Å². The highest BCUT2D eigenvalue weighted by Crippen LogP contribution is 2.36. The molecular formula is C19H19F3N4O4. The van der Waals surface area contributed by atoms with Crippen LogP contribution in [0.4, 0.5) is 24.5 Å². The molecule has 1 aromatic heterocycles. The second-order valence-electron chi connectivity index (χ2n) is 6.56. The minimum Gasteiger partial charge on any atom is -0.478 e. The first-order chi connectivity index (χ1) is 14.2. The number of alkyl halides is 3. The zero-order chi connectivity index (χ0) is 21.9. The number of rotatable bonds is 5. The molecule has 1 aliphatic heterocycles. The van der Waals surface area contributed by atoms with E-state index in [1.54, 1.807) is 21.9 Å². The monoisotopic (exact) mass is 424 g/mol. The van der Waals surface area contributed by atoms with Crippen LogP contribution in [0, 0.1) is 10.1 Å². The van der Waals surface area contributed by atoms with Crippen molar-refractivity contribution in [1.82, 2.24) is 9.88 Å². The molecule has 8 nitrogen and oxygen atoms in total. The molecule has 0 radical (unpaired) electrons. The number of carbonyl (C=O) groups excluding carboxylic acids is 1. The third kappa shape index (κ3) is 4.61.